The molecule has 0 radical (unpaired) electrons. The molecule has 0 bridgehead atoms. The van der Waals surface area contributed by atoms with Crippen molar-refractivity contribution in [2.24, 2.45) is 17.3 Å². The van der Waals surface area contributed by atoms with Crippen LogP contribution in [-0.2, 0) is 19.1 Å². The monoisotopic (exact) mass is 328 g/mol. The molecule has 24 heavy (non-hydrogen) atoms. The minimum absolute atomic E-state index is 0.0749. The fourth-order valence-corrected chi connectivity index (χ4v) is 5.48. The maximum atomic E-state index is 13.0. The van der Waals surface area contributed by atoms with Gasteiger partial charge in [-0.05, 0) is 43.2 Å². The average Bonchev–Trinajstić information content (AvgIpc) is 3.26. The first-order valence-corrected chi connectivity index (χ1v) is 8.78. The second kappa shape index (κ2) is 4.74. The van der Waals surface area contributed by atoms with Gasteiger partial charge in [-0.15, -0.1) is 0 Å². The molecular formula is C19H20O5. The number of hydrogen-bond acceptors (Lipinski definition) is 5. The molecular weight excluding hydrogens is 308 g/mol. The molecule has 5 heteroatoms. The van der Waals surface area contributed by atoms with E-state index in [4.69, 9.17) is 13.9 Å². The topological polar surface area (TPSA) is 65.7 Å². The van der Waals surface area contributed by atoms with E-state index < -0.39 is 5.41 Å². The van der Waals surface area contributed by atoms with E-state index in [1.165, 1.54) is 0 Å². The summed E-state index contributed by atoms with van der Waals surface area (Å²) in [7, 11) is 0. The molecule has 1 saturated heterocycles. The van der Waals surface area contributed by atoms with Crippen LogP contribution in [0.2, 0.25) is 0 Å². The number of rotatable bonds is 1. The molecule has 4 aliphatic rings. The smallest absolute Gasteiger partial charge is 0.334 e. The lowest BCUT2D eigenvalue weighted by molar-refractivity contribution is -0.156. The van der Waals surface area contributed by atoms with Gasteiger partial charge < -0.3 is 13.9 Å². The number of carbonyl (C=O) groups excluding carboxylic acids is 2. The summed E-state index contributed by atoms with van der Waals surface area (Å²) < 4.78 is 16.6. The van der Waals surface area contributed by atoms with Crippen LogP contribution in [-0.4, -0.2) is 18.0 Å². The lowest BCUT2D eigenvalue weighted by Gasteiger charge is -2.47. The second-order valence-electron chi connectivity index (χ2n) is 7.60. The number of cyclic esters (lactones) is 1. The van der Waals surface area contributed by atoms with Gasteiger partial charge >= 0.3 is 11.9 Å². The van der Waals surface area contributed by atoms with Gasteiger partial charge in [-0.25, -0.2) is 4.79 Å². The zero-order valence-electron chi connectivity index (χ0n) is 13.6. The SMILES string of the molecule is C[C@@H]1CC2OC(=O)C3=C2[C@H](CCC3)[C@@]12C[C@@H](c1ccoc1)OC2=O. The molecule has 2 aliphatic carbocycles. The van der Waals surface area contributed by atoms with Crippen LogP contribution >= 0.6 is 0 Å². The van der Waals surface area contributed by atoms with Gasteiger partial charge in [0.2, 0.25) is 0 Å². The van der Waals surface area contributed by atoms with E-state index in [1.807, 2.05) is 6.07 Å². The lowest BCUT2D eigenvalue weighted by atomic mass is 9.54. The van der Waals surface area contributed by atoms with Crippen molar-refractivity contribution in [1.82, 2.24) is 0 Å². The Bertz CT molecular complexity index is 746. The molecule has 0 amide bonds. The lowest BCUT2D eigenvalue weighted by Crippen LogP contribution is -2.49. The third-order valence-corrected chi connectivity index (χ3v) is 6.62. The van der Waals surface area contributed by atoms with Crippen LogP contribution in [0.15, 0.2) is 34.2 Å². The van der Waals surface area contributed by atoms with Crippen LogP contribution < -0.4 is 0 Å². The van der Waals surface area contributed by atoms with Crippen molar-refractivity contribution >= 4 is 11.9 Å². The second-order valence-corrected chi connectivity index (χ2v) is 7.60. The summed E-state index contributed by atoms with van der Waals surface area (Å²) in [5.74, 6) is -0.0730. The summed E-state index contributed by atoms with van der Waals surface area (Å²) in [5, 5.41) is 0. The number of ether oxygens (including phenoxy) is 2. The Morgan fingerprint density at radius 2 is 2.08 bits per heavy atom. The van der Waals surface area contributed by atoms with Crippen LogP contribution in [0, 0.1) is 17.3 Å². The van der Waals surface area contributed by atoms with E-state index in [0.29, 0.717) is 12.8 Å². The first-order valence-electron chi connectivity index (χ1n) is 8.78. The minimum atomic E-state index is -0.534. The van der Waals surface area contributed by atoms with Gasteiger partial charge in [0.1, 0.15) is 12.2 Å². The van der Waals surface area contributed by atoms with Gasteiger partial charge in [0.15, 0.2) is 0 Å². The molecule has 5 nitrogen and oxygen atoms in total. The van der Waals surface area contributed by atoms with Crippen molar-refractivity contribution in [3.8, 4) is 0 Å². The molecule has 5 atom stereocenters. The summed E-state index contributed by atoms with van der Waals surface area (Å²) in [6.45, 7) is 2.11. The van der Waals surface area contributed by atoms with Gasteiger partial charge in [0.05, 0.1) is 17.9 Å². The largest absolute Gasteiger partial charge is 0.472 e. The highest BCUT2D eigenvalue weighted by molar-refractivity contribution is 5.93. The van der Waals surface area contributed by atoms with E-state index in [1.54, 1.807) is 12.5 Å². The predicted octanol–water partition coefficient (Wildman–Crippen LogP) is 3.32. The normalized spacial score (nSPS) is 40.7. The molecule has 0 aromatic carbocycles. The Kier molecular flexibility index (Phi) is 2.83. The molecule has 1 saturated carbocycles. The molecule has 1 aromatic rings. The number of furan rings is 1. The molecule has 1 aromatic heterocycles. The van der Waals surface area contributed by atoms with Crippen molar-refractivity contribution in [2.45, 2.75) is 51.2 Å². The fourth-order valence-electron chi connectivity index (χ4n) is 5.48. The van der Waals surface area contributed by atoms with Crippen molar-refractivity contribution in [3.05, 3.63) is 35.3 Å². The average molecular weight is 328 g/mol. The first-order chi connectivity index (χ1) is 11.6. The van der Waals surface area contributed by atoms with Gasteiger partial charge in [-0.2, -0.15) is 0 Å². The molecule has 1 unspecified atom stereocenters. The van der Waals surface area contributed by atoms with Gasteiger partial charge in [-0.1, -0.05) is 6.92 Å². The van der Waals surface area contributed by atoms with Gasteiger partial charge in [-0.3, -0.25) is 4.79 Å². The summed E-state index contributed by atoms with van der Waals surface area (Å²) in [5.41, 5.74) is 2.32. The standard InChI is InChI=1S/C19H20O5/c1-10-7-14-16-12(17(20)23-14)3-2-4-13(16)19(10)8-15(24-18(19)21)11-5-6-22-9-11/h5-6,9-10,13-15H,2-4,7-8H2,1H3/t10-,13+,14?,15+,19-/m1/s1. The molecule has 1 spiro atoms. The third kappa shape index (κ3) is 1.65. The quantitative estimate of drug-likeness (QED) is 0.740. The van der Waals surface area contributed by atoms with Crippen molar-refractivity contribution in [3.63, 3.8) is 0 Å². The van der Waals surface area contributed by atoms with Crippen molar-refractivity contribution < 1.29 is 23.5 Å². The number of carbonyl (C=O) groups is 2. The zero-order chi connectivity index (χ0) is 16.5. The van der Waals surface area contributed by atoms with E-state index in [9.17, 15) is 9.59 Å². The predicted molar refractivity (Wildman–Crippen MR) is 82.6 cm³/mol. The number of fused-ring (bicyclic) bond motifs is 1. The molecule has 2 aliphatic heterocycles. The van der Waals surface area contributed by atoms with Crippen LogP contribution in [0.4, 0.5) is 0 Å². The van der Waals surface area contributed by atoms with E-state index in [-0.39, 0.29) is 36.0 Å². The Labute approximate surface area is 140 Å². The maximum absolute atomic E-state index is 13.0. The van der Waals surface area contributed by atoms with Crippen LogP contribution in [0.1, 0.15) is 50.7 Å². The molecule has 5 rings (SSSR count). The highest BCUT2D eigenvalue weighted by atomic mass is 16.6. The zero-order valence-corrected chi connectivity index (χ0v) is 13.6. The van der Waals surface area contributed by atoms with Crippen molar-refractivity contribution in [2.75, 3.05) is 0 Å². The Morgan fingerprint density at radius 1 is 1.21 bits per heavy atom. The highest BCUT2D eigenvalue weighted by Crippen LogP contribution is 2.62. The van der Waals surface area contributed by atoms with Gasteiger partial charge in [0, 0.05) is 23.5 Å². The fraction of sp³-hybridized carbons (Fsp3) is 0.579. The van der Waals surface area contributed by atoms with E-state index in [0.717, 1.165) is 36.0 Å². The summed E-state index contributed by atoms with van der Waals surface area (Å²) >= 11 is 0. The van der Waals surface area contributed by atoms with Crippen LogP contribution in [0.3, 0.4) is 0 Å². The van der Waals surface area contributed by atoms with Gasteiger partial charge in [0.25, 0.3) is 0 Å². The van der Waals surface area contributed by atoms with E-state index >= 15 is 0 Å². The number of hydrogen-bond donors (Lipinski definition) is 0. The summed E-state index contributed by atoms with van der Waals surface area (Å²) in [4.78, 5) is 25.2. The van der Waals surface area contributed by atoms with Crippen LogP contribution in [0.25, 0.3) is 0 Å². The Balaban J connectivity index is 1.59. The summed E-state index contributed by atoms with van der Waals surface area (Å²) in [6.07, 6.45) is 6.92. The van der Waals surface area contributed by atoms with E-state index in [2.05, 4.69) is 6.92 Å². The summed E-state index contributed by atoms with van der Waals surface area (Å²) in [6, 6.07) is 1.86. The first kappa shape index (κ1) is 14.3. The molecule has 2 fully saturated rings. The molecule has 0 N–H and O–H groups in total. The molecule has 126 valence electrons. The number of esters is 2. The maximum Gasteiger partial charge on any atom is 0.334 e. The van der Waals surface area contributed by atoms with Crippen LogP contribution in [0.5, 0.6) is 0 Å². The third-order valence-electron chi connectivity index (χ3n) is 6.62. The Morgan fingerprint density at radius 3 is 2.88 bits per heavy atom. The minimum Gasteiger partial charge on any atom is -0.472 e. The highest BCUT2D eigenvalue weighted by Gasteiger charge is 2.64. The molecule has 3 heterocycles. The Hall–Kier alpha value is -2.04. The van der Waals surface area contributed by atoms with Crippen molar-refractivity contribution in [1.29, 1.82) is 0 Å².